The van der Waals surface area contributed by atoms with Gasteiger partial charge in [-0.3, -0.25) is 0 Å². The fraction of sp³-hybridized carbons (Fsp3) is 0.286. The van der Waals surface area contributed by atoms with Crippen molar-refractivity contribution >= 4 is 11.5 Å². The van der Waals surface area contributed by atoms with E-state index in [4.69, 9.17) is 5.73 Å². The highest BCUT2D eigenvalue weighted by Crippen LogP contribution is 2.23. The molecular weight excluding hydrogens is 126 g/mol. The Bertz CT molecular complexity index is 242. The van der Waals surface area contributed by atoms with Gasteiger partial charge < -0.3 is 10.6 Å². The standard InChI is InChI=1S/C7H9N3/c8-6-2-1-3-9-7(6)10-4-5-10/h1-3H,4-5,8H2. The van der Waals surface area contributed by atoms with Crippen LogP contribution in [0, 0.1) is 0 Å². The molecule has 1 fully saturated rings. The molecule has 1 aliphatic rings. The van der Waals surface area contributed by atoms with Crippen LogP contribution in [0.2, 0.25) is 0 Å². The smallest absolute Gasteiger partial charge is 0.151 e. The van der Waals surface area contributed by atoms with E-state index in [1.165, 1.54) is 0 Å². The van der Waals surface area contributed by atoms with Crippen LogP contribution in [-0.4, -0.2) is 18.1 Å². The van der Waals surface area contributed by atoms with Crippen molar-refractivity contribution in [1.29, 1.82) is 0 Å². The van der Waals surface area contributed by atoms with Crippen LogP contribution in [-0.2, 0) is 0 Å². The maximum atomic E-state index is 5.66. The van der Waals surface area contributed by atoms with Crippen molar-refractivity contribution in [1.82, 2.24) is 4.98 Å². The van der Waals surface area contributed by atoms with Crippen molar-refractivity contribution in [3.63, 3.8) is 0 Å². The summed E-state index contributed by atoms with van der Waals surface area (Å²) in [5.74, 6) is 0.933. The zero-order chi connectivity index (χ0) is 6.97. The van der Waals surface area contributed by atoms with Crippen molar-refractivity contribution in [2.24, 2.45) is 0 Å². The summed E-state index contributed by atoms with van der Waals surface area (Å²) in [5.41, 5.74) is 6.44. The summed E-state index contributed by atoms with van der Waals surface area (Å²) < 4.78 is 0. The molecule has 0 aliphatic carbocycles. The Hall–Kier alpha value is -1.25. The Morgan fingerprint density at radius 3 is 2.90 bits per heavy atom. The molecule has 3 heteroatoms. The van der Waals surface area contributed by atoms with E-state index in [-0.39, 0.29) is 0 Å². The fourth-order valence-corrected chi connectivity index (χ4v) is 0.935. The van der Waals surface area contributed by atoms with Crippen LogP contribution in [0.4, 0.5) is 11.5 Å². The topological polar surface area (TPSA) is 41.9 Å². The van der Waals surface area contributed by atoms with Crippen molar-refractivity contribution in [2.45, 2.75) is 0 Å². The van der Waals surface area contributed by atoms with Gasteiger partial charge in [-0.05, 0) is 12.1 Å². The zero-order valence-electron chi connectivity index (χ0n) is 5.62. The molecule has 10 heavy (non-hydrogen) atoms. The predicted molar refractivity (Wildman–Crippen MR) is 40.9 cm³/mol. The number of rotatable bonds is 1. The van der Waals surface area contributed by atoms with E-state index in [9.17, 15) is 0 Å². The van der Waals surface area contributed by atoms with E-state index in [1.807, 2.05) is 12.1 Å². The average Bonchev–Trinajstić information content (AvgIpc) is 2.71. The van der Waals surface area contributed by atoms with Gasteiger partial charge in [0.1, 0.15) is 0 Å². The normalized spacial score (nSPS) is 15.4. The van der Waals surface area contributed by atoms with E-state index < -0.39 is 0 Å². The molecule has 1 aromatic rings. The summed E-state index contributed by atoms with van der Waals surface area (Å²) in [5, 5.41) is 0. The third-order valence-electron chi connectivity index (χ3n) is 1.56. The maximum absolute atomic E-state index is 5.66. The highest BCUT2D eigenvalue weighted by molar-refractivity contribution is 5.64. The molecule has 0 unspecified atom stereocenters. The summed E-state index contributed by atoms with van der Waals surface area (Å²) in [6, 6.07) is 3.73. The summed E-state index contributed by atoms with van der Waals surface area (Å²) in [6.07, 6.45) is 1.77. The van der Waals surface area contributed by atoms with Crippen molar-refractivity contribution in [3.8, 4) is 0 Å². The molecule has 0 aromatic carbocycles. The second-order valence-corrected chi connectivity index (χ2v) is 2.40. The minimum atomic E-state index is 0.778. The molecular formula is C7H9N3. The summed E-state index contributed by atoms with van der Waals surface area (Å²) in [7, 11) is 0. The molecule has 1 aromatic heterocycles. The minimum absolute atomic E-state index is 0.778. The van der Waals surface area contributed by atoms with Gasteiger partial charge >= 0.3 is 0 Å². The number of nitrogens with zero attached hydrogens (tertiary/aromatic N) is 2. The number of anilines is 2. The zero-order valence-corrected chi connectivity index (χ0v) is 5.62. The molecule has 52 valence electrons. The molecule has 1 saturated heterocycles. The molecule has 0 atom stereocenters. The van der Waals surface area contributed by atoms with E-state index in [0.717, 1.165) is 24.6 Å². The Morgan fingerprint density at radius 2 is 2.30 bits per heavy atom. The Kier molecular flexibility index (Phi) is 1.03. The van der Waals surface area contributed by atoms with E-state index in [2.05, 4.69) is 9.88 Å². The van der Waals surface area contributed by atoms with Gasteiger partial charge in [0.05, 0.1) is 5.69 Å². The van der Waals surface area contributed by atoms with Gasteiger partial charge in [-0.1, -0.05) is 0 Å². The van der Waals surface area contributed by atoms with E-state index in [0.29, 0.717) is 0 Å². The van der Waals surface area contributed by atoms with Gasteiger partial charge in [-0.15, -0.1) is 0 Å². The molecule has 0 saturated carbocycles. The highest BCUT2D eigenvalue weighted by Gasteiger charge is 2.20. The molecule has 2 rings (SSSR count). The lowest BCUT2D eigenvalue weighted by Crippen LogP contribution is -1.99. The highest BCUT2D eigenvalue weighted by atomic mass is 15.3. The first-order valence-corrected chi connectivity index (χ1v) is 3.33. The Labute approximate surface area is 59.5 Å². The molecule has 3 nitrogen and oxygen atoms in total. The first-order chi connectivity index (χ1) is 4.88. The third kappa shape index (κ3) is 0.795. The van der Waals surface area contributed by atoms with Crippen molar-refractivity contribution < 1.29 is 0 Å². The number of hydrogen-bond acceptors (Lipinski definition) is 3. The molecule has 0 spiro atoms. The first kappa shape index (κ1) is 5.53. The second kappa shape index (κ2) is 1.87. The molecule has 0 bridgehead atoms. The number of nitrogens with two attached hydrogens (primary N) is 1. The van der Waals surface area contributed by atoms with Crippen LogP contribution in [0.15, 0.2) is 18.3 Å². The molecule has 1 aliphatic heterocycles. The molecule has 0 radical (unpaired) electrons. The van der Waals surface area contributed by atoms with Crippen LogP contribution in [0.5, 0.6) is 0 Å². The van der Waals surface area contributed by atoms with E-state index in [1.54, 1.807) is 6.20 Å². The largest absolute Gasteiger partial charge is 0.396 e. The lowest BCUT2D eigenvalue weighted by Gasteiger charge is -2.02. The quantitative estimate of drug-likeness (QED) is 0.569. The summed E-state index contributed by atoms with van der Waals surface area (Å²) >= 11 is 0. The van der Waals surface area contributed by atoms with Crippen LogP contribution in [0.1, 0.15) is 0 Å². The molecule has 2 N–H and O–H groups in total. The summed E-state index contributed by atoms with van der Waals surface area (Å²) in [6.45, 7) is 2.20. The van der Waals surface area contributed by atoms with Gasteiger partial charge in [-0.2, -0.15) is 0 Å². The number of hydrogen-bond donors (Lipinski definition) is 1. The maximum Gasteiger partial charge on any atom is 0.151 e. The van der Waals surface area contributed by atoms with Crippen molar-refractivity contribution in [3.05, 3.63) is 18.3 Å². The minimum Gasteiger partial charge on any atom is -0.396 e. The second-order valence-electron chi connectivity index (χ2n) is 2.40. The first-order valence-electron chi connectivity index (χ1n) is 3.33. The van der Waals surface area contributed by atoms with Gasteiger partial charge in [-0.25, -0.2) is 4.98 Å². The van der Waals surface area contributed by atoms with Gasteiger partial charge in [0.15, 0.2) is 5.82 Å². The van der Waals surface area contributed by atoms with Crippen LogP contribution >= 0.6 is 0 Å². The Morgan fingerprint density at radius 1 is 1.50 bits per heavy atom. The number of aromatic nitrogens is 1. The van der Waals surface area contributed by atoms with Gasteiger partial charge in [0.25, 0.3) is 0 Å². The molecule has 2 heterocycles. The third-order valence-corrected chi connectivity index (χ3v) is 1.56. The predicted octanol–water partition coefficient (Wildman–Crippen LogP) is 0.484. The number of nitrogen functional groups attached to an aromatic ring is 1. The average molecular weight is 135 g/mol. The molecule has 0 amide bonds. The van der Waals surface area contributed by atoms with Crippen LogP contribution in [0.3, 0.4) is 0 Å². The monoisotopic (exact) mass is 135 g/mol. The fourth-order valence-electron chi connectivity index (χ4n) is 0.935. The lowest BCUT2D eigenvalue weighted by atomic mass is 10.4. The van der Waals surface area contributed by atoms with Gasteiger partial charge in [0.2, 0.25) is 0 Å². The lowest BCUT2D eigenvalue weighted by molar-refractivity contribution is 1.23. The van der Waals surface area contributed by atoms with E-state index >= 15 is 0 Å². The van der Waals surface area contributed by atoms with Crippen molar-refractivity contribution in [2.75, 3.05) is 23.7 Å². The van der Waals surface area contributed by atoms with Crippen LogP contribution in [0.25, 0.3) is 0 Å². The SMILES string of the molecule is Nc1cccnc1N1CC1. The number of pyridine rings is 1. The van der Waals surface area contributed by atoms with Gasteiger partial charge in [0, 0.05) is 19.3 Å². The summed E-state index contributed by atoms with van der Waals surface area (Å²) in [4.78, 5) is 6.28. The Balaban J connectivity index is 2.39. The van der Waals surface area contributed by atoms with Crippen LogP contribution < -0.4 is 10.6 Å².